The summed E-state index contributed by atoms with van der Waals surface area (Å²) in [5.41, 5.74) is 3.46. The smallest absolute Gasteiger partial charge is 0.249 e. The average molecular weight is 356 g/mol. The lowest BCUT2D eigenvalue weighted by Crippen LogP contribution is -2.25. The fourth-order valence-corrected chi connectivity index (χ4v) is 4.52. The van der Waals surface area contributed by atoms with E-state index in [1.807, 2.05) is 16.4 Å². The Morgan fingerprint density at radius 3 is 2.54 bits per heavy atom. The van der Waals surface area contributed by atoms with Crippen LogP contribution in [0.5, 0.6) is 0 Å². The maximum atomic E-state index is 12.5. The highest BCUT2D eigenvalue weighted by atomic mass is 16.2. The molecule has 0 radical (unpaired) electrons. The minimum atomic E-state index is 0.0814. The van der Waals surface area contributed by atoms with Crippen LogP contribution < -0.4 is 5.32 Å². The second kappa shape index (κ2) is 6.85. The van der Waals surface area contributed by atoms with Crippen molar-refractivity contribution in [3.8, 4) is 0 Å². The molecule has 7 heteroatoms. The van der Waals surface area contributed by atoms with E-state index in [4.69, 9.17) is 0 Å². The summed E-state index contributed by atoms with van der Waals surface area (Å²) in [4.78, 5) is 17.1. The number of fused-ring (bicyclic) bond motifs is 1. The van der Waals surface area contributed by atoms with Crippen LogP contribution in [0.2, 0.25) is 0 Å². The fraction of sp³-hybridized carbons (Fsp3) is 0.684. The van der Waals surface area contributed by atoms with Gasteiger partial charge in [-0.15, -0.1) is 5.10 Å². The molecular weight excluding hydrogens is 328 g/mol. The Hall–Kier alpha value is -2.18. The number of anilines is 1. The minimum absolute atomic E-state index is 0.0814. The Morgan fingerprint density at radius 1 is 1.08 bits per heavy atom. The molecule has 4 rings (SSSR count). The van der Waals surface area contributed by atoms with Crippen molar-refractivity contribution in [2.75, 3.05) is 5.32 Å². The van der Waals surface area contributed by atoms with Gasteiger partial charge in [0.2, 0.25) is 11.9 Å². The summed E-state index contributed by atoms with van der Waals surface area (Å²) < 4.78 is 3.94. The molecule has 1 unspecified atom stereocenters. The molecular formula is C19H28N6O. The third-order valence-electron chi connectivity index (χ3n) is 5.98. The van der Waals surface area contributed by atoms with Gasteiger partial charge in [0.15, 0.2) is 0 Å². The van der Waals surface area contributed by atoms with E-state index >= 15 is 0 Å². The molecule has 3 heterocycles. The second-order valence-corrected chi connectivity index (χ2v) is 7.74. The predicted octanol–water partition coefficient (Wildman–Crippen LogP) is 3.07. The maximum absolute atomic E-state index is 12.5. The molecule has 1 fully saturated rings. The van der Waals surface area contributed by atoms with E-state index in [0.717, 1.165) is 56.5 Å². The molecule has 1 aliphatic heterocycles. The topological polar surface area (TPSA) is 77.6 Å². The Kier molecular flexibility index (Phi) is 4.54. The van der Waals surface area contributed by atoms with Gasteiger partial charge in [-0.1, -0.05) is 19.3 Å². The van der Waals surface area contributed by atoms with Crippen LogP contribution in [0.4, 0.5) is 5.95 Å². The molecule has 0 bridgehead atoms. The minimum Gasteiger partial charge on any atom is -0.293 e. The summed E-state index contributed by atoms with van der Waals surface area (Å²) in [6, 6.07) is 0.153. The highest BCUT2D eigenvalue weighted by Crippen LogP contribution is 2.33. The van der Waals surface area contributed by atoms with Gasteiger partial charge in [0.1, 0.15) is 5.82 Å². The van der Waals surface area contributed by atoms with Crippen molar-refractivity contribution in [3.05, 3.63) is 22.8 Å². The summed E-state index contributed by atoms with van der Waals surface area (Å²) in [6.07, 6.45) is 8.51. The number of hydrogen-bond donors (Lipinski definition) is 1. The van der Waals surface area contributed by atoms with Crippen LogP contribution in [-0.2, 0) is 18.3 Å². The highest BCUT2D eigenvalue weighted by molar-refractivity contribution is 5.90. The first kappa shape index (κ1) is 17.2. The van der Waals surface area contributed by atoms with Gasteiger partial charge in [-0.3, -0.25) is 14.8 Å². The van der Waals surface area contributed by atoms with Crippen molar-refractivity contribution in [3.63, 3.8) is 0 Å². The molecule has 1 N–H and O–H groups in total. The van der Waals surface area contributed by atoms with E-state index in [9.17, 15) is 4.79 Å². The summed E-state index contributed by atoms with van der Waals surface area (Å²) in [5, 5.41) is 12.2. The number of nitrogens with zero attached hydrogens (tertiary/aromatic N) is 5. The molecule has 1 amide bonds. The van der Waals surface area contributed by atoms with Crippen LogP contribution in [0.1, 0.15) is 73.8 Å². The van der Waals surface area contributed by atoms with Crippen LogP contribution in [0.25, 0.3) is 0 Å². The number of carbonyl (C=O) groups excluding carboxylic acids is 1. The lowest BCUT2D eigenvalue weighted by molar-refractivity contribution is -0.120. The zero-order valence-electron chi connectivity index (χ0n) is 16.0. The standard InChI is InChI=1S/C19H28N6O/c1-12-17(13(2)24(3)22-12)15-10-7-11-16-20-19(23-25(15)16)21-18(26)14-8-5-4-6-9-14/h14-15H,4-11H2,1-3H3,(H,21,23,26). The van der Waals surface area contributed by atoms with E-state index in [-0.39, 0.29) is 17.9 Å². The van der Waals surface area contributed by atoms with Gasteiger partial charge < -0.3 is 0 Å². The van der Waals surface area contributed by atoms with Crippen molar-refractivity contribution < 1.29 is 4.79 Å². The van der Waals surface area contributed by atoms with Crippen molar-refractivity contribution >= 4 is 11.9 Å². The summed E-state index contributed by atoms with van der Waals surface area (Å²) in [7, 11) is 1.98. The number of aromatic nitrogens is 5. The SMILES string of the molecule is Cc1nn(C)c(C)c1C1CCCc2nc(NC(=O)C3CCCCC3)nn21. The zero-order valence-corrected chi connectivity index (χ0v) is 16.0. The normalized spacial score (nSPS) is 20.8. The monoisotopic (exact) mass is 356 g/mol. The molecule has 26 heavy (non-hydrogen) atoms. The Balaban J connectivity index is 1.58. The van der Waals surface area contributed by atoms with E-state index in [1.165, 1.54) is 17.7 Å². The zero-order chi connectivity index (χ0) is 18.3. The number of amides is 1. The third-order valence-corrected chi connectivity index (χ3v) is 5.98. The molecule has 1 aliphatic carbocycles. The first-order chi connectivity index (χ1) is 12.5. The van der Waals surface area contributed by atoms with Gasteiger partial charge in [0, 0.05) is 30.6 Å². The number of rotatable bonds is 3. The van der Waals surface area contributed by atoms with Crippen LogP contribution >= 0.6 is 0 Å². The van der Waals surface area contributed by atoms with Crippen molar-refractivity contribution in [1.82, 2.24) is 24.5 Å². The van der Waals surface area contributed by atoms with Crippen molar-refractivity contribution in [2.24, 2.45) is 13.0 Å². The van der Waals surface area contributed by atoms with Gasteiger partial charge in [0.25, 0.3) is 0 Å². The quantitative estimate of drug-likeness (QED) is 0.917. The fourth-order valence-electron chi connectivity index (χ4n) is 4.52. The lowest BCUT2D eigenvalue weighted by atomic mass is 9.89. The first-order valence-corrected chi connectivity index (χ1v) is 9.81. The van der Waals surface area contributed by atoms with Crippen LogP contribution in [0.3, 0.4) is 0 Å². The third kappa shape index (κ3) is 3.04. The van der Waals surface area contributed by atoms with Crippen molar-refractivity contribution in [1.29, 1.82) is 0 Å². The highest BCUT2D eigenvalue weighted by Gasteiger charge is 2.30. The Labute approximate surface area is 154 Å². The average Bonchev–Trinajstić information content (AvgIpc) is 3.15. The number of carbonyl (C=O) groups is 1. The van der Waals surface area contributed by atoms with Gasteiger partial charge in [-0.05, 0) is 39.5 Å². The molecule has 2 aliphatic rings. The number of nitrogens with one attached hydrogen (secondary N) is 1. The summed E-state index contributed by atoms with van der Waals surface area (Å²) in [5.74, 6) is 1.62. The van der Waals surface area contributed by atoms with Crippen LogP contribution in [0, 0.1) is 19.8 Å². The molecule has 140 valence electrons. The van der Waals surface area contributed by atoms with E-state index < -0.39 is 0 Å². The Bertz CT molecular complexity index is 814. The lowest BCUT2D eigenvalue weighted by Gasteiger charge is -2.24. The molecule has 0 aromatic carbocycles. The Morgan fingerprint density at radius 2 is 1.85 bits per heavy atom. The second-order valence-electron chi connectivity index (χ2n) is 7.74. The molecule has 2 aromatic rings. The number of aryl methyl sites for hydroxylation is 3. The largest absolute Gasteiger partial charge is 0.293 e. The molecule has 0 spiro atoms. The predicted molar refractivity (Wildman–Crippen MR) is 99.0 cm³/mol. The molecule has 2 aromatic heterocycles. The van der Waals surface area contributed by atoms with Gasteiger partial charge >= 0.3 is 0 Å². The number of hydrogen-bond acceptors (Lipinski definition) is 4. The van der Waals surface area contributed by atoms with Gasteiger partial charge in [-0.2, -0.15) is 10.1 Å². The van der Waals surface area contributed by atoms with E-state index in [0.29, 0.717) is 5.95 Å². The first-order valence-electron chi connectivity index (χ1n) is 9.81. The van der Waals surface area contributed by atoms with E-state index in [1.54, 1.807) is 0 Å². The van der Waals surface area contributed by atoms with Gasteiger partial charge in [-0.25, -0.2) is 4.68 Å². The van der Waals surface area contributed by atoms with Gasteiger partial charge in [0.05, 0.1) is 11.7 Å². The van der Waals surface area contributed by atoms with Crippen molar-refractivity contribution in [2.45, 2.75) is 71.3 Å². The van der Waals surface area contributed by atoms with Crippen LogP contribution in [-0.4, -0.2) is 30.5 Å². The summed E-state index contributed by atoms with van der Waals surface area (Å²) in [6.45, 7) is 4.16. The molecule has 7 nitrogen and oxygen atoms in total. The summed E-state index contributed by atoms with van der Waals surface area (Å²) >= 11 is 0. The molecule has 1 atom stereocenters. The van der Waals surface area contributed by atoms with E-state index in [2.05, 4.69) is 34.3 Å². The van der Waals surface area contributed by atoms with Crippen LogP contribution in [0.15, 0.2) is 0 Å². The molecule has 0 saturated heterocycles. The maximum Gasteiger partial charge on any atom is 0.249 e. The molecule has 1 saturated carbocycles.